The lowest BCUT2D eigenvalue weighted by Gasteiger charge is -2.41. The van der Waals surface area contributed by atoms with E-state index in [-0.39, 0.29) is 19.6 Å². The molecule has 1 aliphatic rings. The topological polar surface area (TPSA) is 178 Å². The normalized spacial score (nSPS) is 20.0. The van der Waals surface area contributed by atoms with E-state index >= 15 is 0 Å². The Balaban J connectivity index is 2.36. The van der Waals surface area contributed by atoms with Crippen molar-refractivity contribution in [2.75, 3.05) is 26.4 Å². The lowest BCUT2D eigenvalue weighted by molar-refractivity contribution is -0.301. The summed E-state index contributed by atoms with van der Waals surface area (Å²) in [5.74, 6) is -0.411. The fourth-order valence-electron chi connectivity index (χ4n) is 7.64. The van der Waals surface area contributed by atoms with Crippen molar-refractivity contribution in [3.63, 3.8) is 0 Å². The number of ether oxygens (including phenoxy) is 4. The van der Waals surface area contributed by atoms with Crippen LogP contribution < -0.4 is 0 Å². The highest BCUT2D eigenvalue weighted by Crippen LogP contribution is 2.26. The highest BCUT2D eigenvalue weighted by Gasteiger charge is 2.48. The quantitative estimate of drug-likeness (QED) is 0.0197. The molecule has 6 atom stereocenters. The maximum Gasteiger partial charge on any atom is 0.397 e. The first-order valence-corrected chi connectivity index (χ1v) is 27.6. The van der Waals surface area contributed by atoms with Crippen molar-refractivity contribution in [2.24, 2.45) is 0 Å². The summed E-state index contributed by atoms with van der Waals surface area (Å²) in [4.78, 5) is 12.9. The van der Waals surface area contributed by atoms with Crippen LogP contribution in [0.5, 0.6) is 0 Å². The Kier molecular flexibility index (Phi) is 41.8. The van der Waals surface area contributed by atoms with Gasteiger partial charge in [-0.1, -0.05) is 183 Å². The first kappa shape index (κ1) is 62.6. The Bertz CT molecular complexity index is 1440. The number of hydrogen-bond acceptors (Lipinski definition) is 11. The van der Waals surface area contributed by atoms with Crippen LogP contribution in [0.2, 0.25) is 0 Å². The number of allylic oxidation sites excluding steroid dienone is 12. The van der Waals surface area contributed by atoms with Crippen LogP contribution in [-0.4, -0.2) is 97.5 Å². The molecular formula is C54H94O12S. The number of rotatable bonds is 45. The smallest absolute Gasteiger partial charge is 0.397 e. The van der Waals surface area contributed by atoms with E-state index in [2.05, 4.69) is 90.9 Å². The Morgan fingerprint density at radius 2 is 1.03 bits per heavy atom. The van der Waals surface area contributed by atoms with Crippen molar-refractivity contribution in [1.82, 2.24) is 0 Å². The Morgan fingerprint density at radius 3 is 1.51 bits per heavy atom. The molecule has 4 N–H and O–H groups in total. The summed E-state index contributed by atoms with van der Waals surface area (Å²) in [5.41, 5.74) is 0. The zero-order valence-corrected chi connectivity index (χ0v) is 42.5. The molecule has 0 amide bonds. The number of carbonyl (C=O) groups excluding carboxylic acids is 1. The zero-order chi connectivity index (χ0) is 48.9. The van der Waals surface area contributed by atoms with Crippen LogP contribution in [0, 0.1) is 0 Å². The van der Waals surface area contributed by atoms with Crippen LogP contribution in [-0.2, 0) is 38.3 Å². The van der Waals surface area contributed by atoms with Gasteiger partial charge in [0.05, 0.1) is 19.8 Å². The number of unbranched alkanes of at least 4 members (excludes halogenated alkanes) is 20. The molecule has 1 aliphatic heterocycles. The molecule has 1 heterocycles. The van der Waals surface area contributed by atoms with Crippen LogP contribution in [0.25, 0.3) is 0 Å². The molecule has 67 heavy (non-hydrogen) atoms. The molecule has 0 spiro atoms. The largest absolute Gasteiger partial charge is 0.457 e. The summed E-state index contributed by atoms with van der Waals surface area (Å²) < 4.78 is 59.3. The third-order valence-electron chi connectivity index (χ3n) is 11.6. The fourth-order valence-corrected chi connectivity index (χ4v) is 8.14. The van der Waals surface area contributed by atoms with Gasteiger partial charge in [0.15, 0.2) is 6.29 Å². The monoisotopic (exact) mass is 967 g/mol. The first-order valence-electron chi connectivity index (χ1n) is 26.2. The van der Waals surface area contributed by atoms with Gasteiger partial charge >= 0.3 is 16.4 Å². The molecule has 0 radical (unpaired) electrons. The molecule has 0 aromatic rings. The van der Waals surface area contributed by atoms with Gasteiger partial charge in [0, 0.05) is 13.0 Å². The van der Waals surface area contributed by atoms with Gasteiger partial charge in [0.1, 0.15) is 30.5 Å². The summed E-state index contributed by atoms with van der Waals surface area (Å²) in [6.45, 7) is 3.84. The van der Waals surface area contributed by atoms with Gasteiger partial charge < -0.3 is 34.3 Å². The van der Waals surface area contributed by atoms with E-state index in [1.54, 1.807) is 0 Å². The summed E-state index contributed by atoms with van der Waals surface area (Å²) in [5, 5.41) is 30.8. The molecule has 0 aliphatic carbocycles. The van der Waals surface area contributed by atoms with Crippen LogP contribution >= 0.6 is 0 Å². The van der Waals surface area contributed by atoms with Crippen molar-refractivity contribution in [3.8, 4) is 0 Å². The third kappa shape index (κ3) is 38.0. The van der Waals surface area contributed by atoms with Gasteiger partial charge in [0.25, 0.3) is 0 Å². The van der Waals surface area contributed by atoms with Crippen molar-refractivity contribution >= 4 is 16.4 Å². The van der Waals surface area contributed by atoms with Gasteiger partial charge in [0.2, 0.25) is 0 Å². The van der Waals surface area contributed by atoms with Crippen molar-refractivity contribution in [1.29, 1.82) is 0 Å². The molecule has 0 aromatic carbocycles. The Labute approximate surface area is 407 Å². The lowest BCUT2D eigenvalue weighted by Crippen LogP contribution is -2.60. The highest BCUT2D eigenvalue weighted by molar-refractivity contribution is 7.80. The summed E-state index contributed by atoms with van der Waals surface area (Å²) in [7, 11) is -5.07. The average Bonchev–Trinajstić information content (AvgIpc) is 3.30. The molecule has 0 aromatic heterocycles. The van der Waals surface area contributed by atoms with Gasteiger partial charge in [-0.25, -0.2) is 4.18 Å². The minimum Gasteiger partial charge on any atom is -0.457 e. The number of carbonyl (C=O) groups is 1. The second kappa shape index (κ2) is 44.7. The van der Waals surface area contributed by atoms with Gasteiger partial charge in [-0.15, -0.1) is 0 Å². The maximum absolute atomic E-state index is 12.9. The minimum absolute atomic E-state index is 0.0253. The second-order valence-corrected chi connectivity index (χ2v) is 18.8. The van der Waals surface area contributed by atoms with E-state index in [4.69, 9.17) is 18.9 Å². The molecule has 1 saturated heterocycles. The molecule has 388 valence electrons. The lowest BCUT2D eigenvalue weighted by atomic mass is 9.99. The van der Waals surface area contributed by atoms with Gasteiger partial charge in [-0.2, -0.15) is 8.42 Å². The molecular weight excluding hydrogens is 873 g/mol. The molecule has 6 unspecified atom stereocenters. The Hall–Kier alpha value is -2.46. The van der Waals surface area contributed by atoms with E-state index in [0.29, 0.717) is 13.0 Å². The van der Waals surface area contributed by atoms with Crippen molar-refractivity contribution < 1.29 is 56.2 Å². The van der Waals surface area contributed by atoms with E-state index in [1.165, 1.54) is 89.9 Å². The molecule has 0 saturated carbocycles. The SMILES string of the molecule is CC/C=C\C/C=C\C/C=C\C/C=C\CCCCCCCCCCCOCC(COC1OC(CO)C(O)C(OS(=O)(=O)O)C1O)OC(=O)CCCCCCCCC/C=C\C/C=C\CCCCCC. The Morgan fingerprint density at radius 1 is 0.582 bits per heavy atom. The van der Waals surface area contributed by atoms with Crippen molar-refractivity contribution in [3.05, 3.63) is 72.9 Å². The van der Waals surface area contributed by atoms with Crippen LogP contribution in [0.4, 0.5) is 0 Å². The van der Waals surface area contributed by atoms with Crippen molar-refractivity contribution in [2.45, 2.75) is 237 Å². The molecule has 13 heteroatoms. The van der Waals surface area contributed by atoms with Gasteiger partial charge in [-0.05, 0) is 83.5 Å². The average molecular weight is 967 g/mol. The molecule has 1 fully saturated rings. The van der Waals surface area contributed by atoms with E-state index in [1.807, 2.05) is 0 Å². The highest BCUT2D eigenvalue weighted by atomic mass is 32.3. The van der Waals surface area contributed by atoms with Gasteiger partial charge in [-0.3, -0.25) is 9.35 Å². The standard InChI is InChI=1S/C54H94O12S/c1-3-5-7-9-11-13-15-17-19-21-23-24-25-26-28-30-32-34-36-38-40-42-44-62-46-48(47-63-54-52(58)53(66-67(59,60)61)51(57)49(45-55)65-54)64-50(56)43-41-39-37-35-33-31-29-27-22-20-18-16-14-12-10-8-6-4-2/h5,7,11,13-14,16-17,19-20,22-24,48-49,51-55,57-58H,3-4,6,8-10,12,15,18,21,25-47H2,1-2H3,(H,59,60,61)/b7-5-,13-11-,16-14-,19-17-,22-20-,24-23-. The summed E-state index contributed by atoms with van der Waals surface area (Å²) >= 11 is 0. The zero-order valence-electron chi connectivity index (χ0n) is 41.7. The van der Waals surface area contributed by atoms with Crippen LogP contribution in [0.15, 0.2) is 72.9 Å². The third-order valence-corrected chi connectivity index (χ3v) is 12.0. The predicted molar refractivity (Wildman–Crippen MR) is 271 cm³/mol. The first-order chi connectivity index (χ1) is 32.6. The van der Waals surface area contributed by atoms with Crippen LogP contribution in [0.3, 0.4) is 0 Å². The van der Waals surface area contributed by atoms with E-state index in [0.717, 1.165) is 83.5 Å². The summed E-state index contributed by atoms with van der Waals surface area (Å²) in [6.07, 6.45) is 49.2. The minimum atomic E-state index is -5.07. The number of hydrogen-bond donors (Lipinski definition) is 4. The van der Waals surface area contributed by atoms with Crippen LogP contribution in [0.1, 0.15) is 200 Å². The maximum atomic E-state index is 12.9. The van der Waals surface area contributed by atoms with E-state index < -0.39 is 59.8 Å². The number of aliphatic hydroxyl groups is 3. The molecule has 12 nitrogen and oxygen atoms in total. The number of aliphatic hydroxyl groups excluding tert-OH is 3. The molecule has 0 bridgehead atoms. The number of esters is 1. The fraction of sp³-hybridized carbons (Fsp3) is 0.759. The predicted octanol–water partition coefficient (Wildman–Crippen LogP) is 12.2. The molecule has 1 rings (SSSR count). The summed E-state index contributed by atoms with van der Waals surface area (Å²) in [6, 6.07) is 0. The second-order valence-electron chi connectivity index (χ2n) is 17.7. The van der Waals surface area contributed by atoms with E-state index in [9.17, 15) is 33.1 Å².